The normalized spacial score (nSPS) is 17.9. The van der Waals surface area contributed by atoms with Gasteiger partial charge >= 0.3 is 5.97 Å². The third-order valence-corrected chi connectivity index (χ3v) is 6.57. The molecule has 26 heavy (non-hydrogen) atoms. The van der Waals surface area contributed by atoms with E-state index in [-0.39, 0.29) is 22.3 Å². The van der Waals surface area contributed by atoms with Crippen molar-refractivity contribution in [3.8, 4) is 5.75 Å². The van der Waals surface area contributed by atoms with Crippen molar-refractivity contribution in [3.63, 3.8) is 0 Å². The largest absolute Gasteiger partial charge is 0.495 e. The summed E-state index contributed by atoms with van der Waals surface area (Å²) >= 11 is 0. The number of rotatable bonds is 7. The number of amides is 1. The molecule has 1 aromatic carbocycles. The summed E-state index contributed by atoms with van der Waals surface area (Å²) in [7, 11) is -2.39. The zero-order chi connectivity index (χ0) is 18.9. The number of carbonyl (C=O) groups excluding carboxylic acids is 1. The van der Waals surface area contributed by atoms with Gasteiger partial charge in [0.05, 0.1) is 7.11 Å². The van der Waals surface area contributed by atoms with Crippen LogP contribution in [0.15, 0.2) is 23.1 Å². The Morgan fingerprint density at radius 1 is 1.27 bits per heavy atom. The SMILES string of the molecule is COc1ccc(C(=O)N(CC(=O)O)C2CC2)cc1S(=O)(=O)N1CCCC1. The fraction of sp³-hybridized carbons (Fsp3) is 0.529. The van der Waals surface area contributed by atoms with Crippen LogP contribution in [0.3, 0.4) is 0 Å². The summed E-state index contributed by atoms with van der Waals surface area (Å²) in [6.07, 6.45) is 3.12. The van der Waals surface area contributed by atoms with Gasteiger partial charge in [-0.2, -0.15) is 4.31 Å². The lowest BCUT2D eigenvalue weighted by molar-refractivity contribution is -0.137. The zero-order valence-corrected chi connectivity index (χ0v) is 15.4. The molecule has 0 unspecified atom stereocenters. The van der Waals surface area contributed by atoms with Crippen molar-refractivity contribution in [1.82, 2.24) is 9.21 Å². The highest BCUT2D eigenvalue weighted by atomic mass is 32.2. The van der Waals surface area contributed by atoms with E-state index in [2.05, 4.69) is 0 Å². The summed E-state index contributed by atoms with van der Waals surface area (Å²) in [5, 5.41) is 9.05. The first-order chi connectivity index (χ1) is 12.3. The maximum atomic E-state index is 12.9. The Morgan fingerprint density at radius 3 is 2.46 bits per heavy atom. The van der Waals surface area contributed by atoms with Crippen molar-refractivity contribution < 1.29 is 27.9 Å². The Kier molecular flexibility index (Phi) is 5.19. The number of carboxylic acid groups (broad SMARTS) is 1. The molecule has 0 aromatic heterocycles. The van der Waals surface area contributed by atoms with E-state index in [1.807, 2.05) is 0 Å². The number of carboxylic acids is 1. The third-order valence-electron chi connectivity index (χ3n) is 4.65. The van der Waals surface area contributed by atoms with Crippen LogP contribution in [0.5, 0.6) is 5.75 Å². The minimum Gasteiger partial charge on any atom is -0.495 e. The molecule has 2 aliphatic rings. The second-order valence-corrected chi connectivity index (χ2v) is 8.44. The Balaban J connectivity index is 1.96. The zero-order valence-electron chi connectivity index (χ0n) is 14.6. The van der Waals surface area contributed by atoms with Crippen LogP contribution in [-0.2, 0) is 14.8 Å². The van der Waals surface area contributed by atoms with E-state index in [1.54, 1.807) is 0 Å². The van der Waals surface area contributed by atoms with Crippen LogP contribution in [0.4, 0.5) is 0 Å². The molecule has 1 aliphatic carbocycles. The lowest BCUT2D eigenvalue weighted by atomic mass is 10.2. The lowest BCUT2D eigenvalue weighted by Crippen LogP contribution is -2.37. The molecule has 1 aromatic rings. The molecule has 0 atom stereocenters. The summed E-state index contributed by atoms with van der Waals surface area (Å²) in [4.78, 5) is 25.1. The highest BCUT2D eigenvalue weighted by Gasteiger charge is 2.36. The predicted molar refractivity (Wildman–Crippen MR) is 92.7 cm³/mol. The molecule has 3 rings (SSSR count). The van der Waals surface area contributed by atoms with Crippen LogP contribution < -0.4 is 4.74 Å². The molecule has 1 aliphatic heterocycles. The Labute approximate surface area is 152 Å². The van der Waals surface area contributed by atoms with Gasteiger partial charge in [0.1, 0.15) is 17.2 Å². The van der Waals surface area contributed by atoms with Crippen LogP contribution >= 0.6 is 0 Å². The molecule has 9 heteroatoms. The van der Waals surface area contributed by atoms with Crippen molar-refractivity contribution in [1.29, 1.82) is 0 Å². The monoisotopic (exact) mass is 382 g/mol. The smallest absolute Gasteiger partial charge is 0.323 e. The minimum atomic E-state index is -3.77. The molecule has 2 fully saturated rings. The maximum absolute atomic E-state index is 12.9. The first-order valence-electron chi connectivity index (χ1n) is 8.55. The lowest BCUT2D eigenvalue weighted by Gasteiger charge is -2.22. The van der Waals surface area contributed by atoms with E-state index in [1.165, 1.54) is 34.5 Å². The predicted octanol–water partition coefficient (Wildman–Crippen LogP) is 1.17. The molecule has 0 spiro atoms. The van der Waals surface area contributed by atoms with Crippen molar-refractivity contribution in [3.05, 3.63) is 23.8 Å². The summed E-state index contributed by atoms with van der Waals surface area (Å²) in [5.41, 5.74) is 0.150. The van der Waals surface area contributed by atoms with E-state index in [4.69, 9.17) is 9.84 Å². The maximum Gasteiger partial charge on any atom is 0.323 e. The molecule has 0 bridgehead atoms. The van der Waals surface area contributed by atoms with Crippen LogP contribution in [0, 0.1) is 0 Å². The molecule has 1 saturated carbocycles. The third kappa shape index (κ3) is 3.68. The number of hydrogen-bond donors (Lipinski definition) is 1. The van der Waals surface area contributed by atoms with E-state index in [0.29, 0.717) is 13.1 Å². The first kappa shape index (κ1) is 18.7. The fourth-order valence-electron chi connectivity index (χ4n) is 3.14. The molecule has 8 nitrogen and oxygen atoms in total. The van der Waals surface area contributed by atoms with Crippen molar-refractivity contribution >= 4 is 21.9 Å². The molecule has 0 radical (unpaired) electrons. The van der Waals surface area contributed by atoms with Gasteiger partial charge < -0.3 is 14.7 Å². The molecule has 1 N–H and O–H groups in total. The number of methoxy groups -OCH3 is 1. The Hall–Kier alpha value is -2.13. The number of aliphatic carboxylic acids is 1. The average molecular weight is 382 g/mol. The van der Waals surface area contributed by atoms with Gasteiger partial charge in [0.2, 0.25) is 10.0 Å². The van der Waals surface area contributed by atoms with Crippen LogP contribution in [0.2, 0.25) is 0 Å². The van der Waals surface area contributed by atoms with Crippen molar-refractivity contribution in [2.45, 2.75) is 36.6 Å². The molecular formula is C17H22N2O6S. The highest BCUT2D eigenvalue weighted by Crippen LogP contribution is 2.32. The van der Waals surface area contributed by atoms with Crippen molar-refractivity contribution in [2.75, 3.05) is 26.7 Å². The summed E-state index contributed by atoms with van der Waals surface area (Å²) < 4.78 is 32.4. The second kappa shape index (κ2) is 7.24. The van der Waals surface area contributed by atoms with Gasteiger partial charge in [0.25, 0.3) is 5.91 Å². The number of nitrogens with zero attached hydrogens (tertiary/aromatic N) is 2. The highest BCUT2D eigenvalue weighted by molar-refractivity contribution is 7.89. The fourth-order valence-corrected chi connectivity index (χ4v) is 4.84. The Bertz CT molecular complexity index is 813. The van der Waals surface area contributed by atoms with Gasteiger partial charge in [0.15, 0.2) is 0 Å². The second-order valence-electron chi connectivity index (χ2n) is 6.53. The van der Waals surface area contributed by atoms with Gasteiger partial charge in [-0.05, 0) is 43.9 Å². The average Bonchev–Trinajstić information content (AvgIpc) is 3.30. The van der Waals surface area contributed by atoms with E-state index in [0.717, 1.165) is 25.7 Å². The van der Waals surface area contributed by atoms with Crippen LogP contribution in [0.1, 0.15) is 36.0 Å². The van der Waals surface area contributed by atoms with Gasteiger partial charge in [-0.3, -0.25) is 9.59 Å². The molecule has 1 saturated heterocycles. The minimum absolute atomic E-state index is 0.0566. The quantitative estimate of drug-likeness (QED) is 0.759. The summed E-state index contributed by atoms with van der Waals surface area (Å²) in [6, 6.07) is 4.12. The molecule has 1 heterocycles. The van der Waals surface area contributed by atoms with Crippen LogP contribution in [-0.4, -0.2) is 67.4 Å². The first-order valence-corrected chi connectivity index (χ1v) is 9.99. The van der Waals surface area contributed by atoms with E-state index < -0.39 is 28.4 Å². The van der Waals surface area contributed by atoms with Gasteiger partial charge in [-0.25, -0.2) is 8.42 Å². The molecule has 142 valence electrons. The number of hydrogen-bond acceptors (Lipinski definition) is 5. The van der Waals surface area contributed by atoms with Crippen LogP contribution in [0.25, 0.3) is 0 Å². The number of benzene rings is 1. The number of ether oxygens (including phenoxy) is 1. The van der Waals surface area contributed by atoms with E-state index in [9.17, 15) is 18.0 Å². The summed E-state index contributed by atoms with van der Waals surface area (Å²) in [5.74, 6) is -1.40. The van der Waals surface area contributed by atoms with Gasteiger partial charge in [0, 0.05) is 24.7 Å². The molecule has 1 amide bonds. The van der Waals surface area contributed by atoms with Gasteiger partial charge in [-0.1, -0.05) is 0 Å². The van der Waals surface area contributed by atoms with Gasteiger partial charge in [-0.15, -0.1) is 0 Å². The topological polar surface area (TPSA) is 104 Å². The summed E-state index contributed by atoms with van der Waals surface area (Å²) in [6.45, 7) is 0.484. The number of sulfonamides is 1. The van der Waals surface area contributed by atoms with Crippen molar-refractivity contribution in [2.24, 2.45) is 0 Å². The Morgan fingerprint density at radius 2 is 1.92 bits per heavy atom. The standard InChI is InChI=1S/C17H22N2O6S/c1-25-14-7-4-12(17(22)19(11-16(20)21)13-5-6-13)10-15(14)26(23,24)18-8-2-3-9-18/h4,7,10,13H,2-3,5-6,8-9,11H2,1H3,(H,20,21). The van der Waals surface area contributed by atoms with E-state index >= 15 is 0 Å². The molecular weight excluding hydrogens is 360 g/mol. The number of carbonyl (C=O) groups is 2.